The first-order valence-corrected chi connectivity index (χ1v) is 12.9. The summed E-state index contributed by atoms with van der Waals surface area (Å²) in [5.74, 6) is 1.43. The van der Waals surface area contributed by atoms with Crippen molar-refractivity contribution in [3.05, 3.63) is 65.7 Å². The van der Waals surface area contributed by atoms with E-state index in [0.29, 0.717) is 11.9 Å². The van der Waals surface area contributed by atoms with Crippen molar-refractivity contribution < 1.29 is 4.79 Å². The van der Waals surface area contributed by atoms with E-state index in [1.54, 1.807) is 0 Å². The van der Waals surface area contributed by atoms with Gasteiger partial charge in [0.2, 0.25) is 5.91 Å². The van der Waals surface area contributed by atoms with Gasteiger partial charge < -0.3 is 9.80 Å². The zero-order valence-electron chi connectivity index (χ0n) is 19.4. The molecule has 0 bridgehead atoms. The van der Waals surface area contributed by atoms with Gasteiger partial charge in [-0.15, -0.1) is 0 Å². The fraction of sp³-hybridized carbons (Fsp3) is 0.552. The first-order chi connectivity index (χ1) is 15.8. The van der Waals surface area contributed by atoms with Gasteiger partial charge in [0, 0.05) is 24.2 Å². The Morgan fingerprint density at radius 1 is 0.812 bits per heavy atom. The highest BCUT2D eigenvalue weighted by Gasteiger charge is 2.36. The van der Waals surface area contributed by atoms with E-state index in [1.165, 1.54) is 68.4 Å². The molecule has 1 aliphatic carbocycles. The summed E-state index contributed by atoms with van der Waals surface area (Å²) in [6.45, 7) is 3.37. The highest BCUT2D eigenvalue weighted by atomic mass is 16.2. The van der Waals surface area contributed by atoms with Crippen LogP contribution in [0.1, 0.15) is 62.5 Å². The predicted octanol–water partition coefficient (Wildman–Crippen LogP) is 5.87. The first kappa shape index (κ1) is 21.7. The lowest BCUT2D eigenvalue weighted by Crippen LogP contribution is -2.52. The average molecular weight is 431 g/mol. The number of benzene rings is 2. The maximum absolute atomic E-state index is 13.7. The fourth-order valence-electron chi connectivity index (χ4n) is 6.24. The standard InChI is InChI=1S/C29H38N2O/c32-29(26-12-5-2-6-13-26)31-27(16-15-25-11-7-8-14-28(25)31)22-30-19-17-24(18-20-30)21-23-9-3-1-4-10-23/h1,3-4,7-11,14,24,26-27H,2,5-6,12-13,15-22H2. The highest BCUT2D eigenvalue weighted by Crippen LogP contribution is 2.35. The normalized spacial score (nSPS) is 23.1. The maximum atomic E-state index is 13.7. The lowest BCUT2D eigenvalue weighted by atomic mass is 9.86. The molecule has 2 fully saturated rings. The molecule has 3 nitrogen and oxygen atoms in total. The van der Waals surface area contributed by atoms with Crippen LogP contribution in [0.4, 0.5) is 5.69 Å². The molecule has 170 valence electrons. The summed E-state index contributed by atoms with van der Waals surface area (Å²) >= 11 is 0. The molecule has 3 heteroatoms. The van der Waals surface area contributed by atoms with E-state index >= 15 is 0 Å². The SMILES string of the molecule is O=C(C1CCCCC1)N1c2ccccc2CCC1CN1CCC(Cc2ccccc2)CC1. The molecule has 1 saturated carbocycles. The number of anilines is 1. The smallest absolute Gasteiger partial charge is 0.230 e. The van der Waals surface area contributed by atoms with Crippen molar-refractivity contribution in [3.8, 4) is 0 Å². The molecular weight excluding hydrogens is 392 g/mol. The van der Waals surface area contributed by atoms with Crippen molar-refractivity contribution >= 4 is 11.6 Å². The van der Waals surface area contributed by atoms with E-state index in [0.717, 1.165) is 38.1 Å². The van der Waals surface area contributed by atoms with Crippen LogP contribution in [0.15, 0.2) is 54.6 Å². The Balaban J connectivity index is 1.24. The van der Waals surface area contributed by atoms with Crippen LogP contribution >= 0.6 is 0 Å². The summed E-state index contributed by atoms with van der Waals surface area (Å²) in [5, 5.41) is 0. The first-order valence-electron chi connectivity index (χ1n) is 12.9. The predicted molar refractivity (Wildman–Crippen MR) is 132 cm³/mol. The van der Waals surface area contributed by atoms with Gasteiger partial charge in [0.05, 0.1) is 0 Å². The molecule has 1 atom stereocenters. The van der Waals surface area contributed by atoms with E-state index in [9.17, 15) is 4.79 Å². The van der Waals surface area contributed by atoms with Crippen molar-refractivity contribution in [2.45, 2.75) is 70.3 Å². The third-order valence-corrected chi connectivity index (χ3v) is 8.10. The molecule has 0 spiro atoms. The number of fused-ring (bicyclic) bond motifs is 1. The van der Waals surface area contributed by atoms with Crippen molar-refractivity contribution in [3.63, 3.8) is 0 Å². The molecule has 2 heterocycles. The molecule has 5 rings (SSSR count). The summed E-state index contributed by atoms with van der Waals surface area (Å²) in [6, 6.07) is 19.9. The molecule has 2 aromatic carbocycles. The number of rotatable bonds is 5. The van der Waals surface area contributed by atoms with Gasteiger partial charge in [0.15, 0.2) is 0 Å². The molecule has 2 aliphatic heterocycles. The molecular formula is C29H38N2O. The number of hydrogen-bond acceptors (Lipinski definition) is 2. The second-order valence-corrected chi connectivity index (χ2v) is 10.3. The summed E-state index contributed by atoms with van der Waals surface area (Å²) in [4.78, 5) is 18.6. The van der Waals surface area contributed by atoms with Crippen molar-refractivity contribution in [1.82, 2.24) is 4.90 Å². The number of nitrogens with zero attached hydrogens (tertiary/aromatic N) is 2. The molecule has 0 N–H and O–H groups in total. The van der Waals surface area contributed by atoms with Crippen molar-refractivity contribution in [1.29, 1.82) is 0 Å². The Bertz CT molecular complexity index is 881. The number of carbonyl (C=O) groups is 1. The number of amides is 1. The van der Waals surface area contributed by atoms with Crippen LogP contribution in [0, 0.1) is 11.8 Å². The van der Waals surface area contributed by atoms with Crippen LogP contribution in [0.25, 0.3) is 0 Å². The Morgan fingerprint density at radius 2 is 1.53 bits per heavy atom. The van der Waals surface area contributed by atoms with E-state index in [1.807, 2.05) is 0 Å². The number of hydrogen-bond donors (Lipinski definition) is 0. The Kier molecular flexibility index (Phi) is 6.92. The van der Waals surface area contributed by atoms with E-state index in [-0.39, 0.29) is 5.92 Å². The average Bonchev–Trinajstić information content (AvgIpc) is 2.86. The highest BCUT2D eigenvalue weighted by molar-refractivity contribution is 5.97. The molecule has 2 aromatic rings. The van der Waals surface area contributed by atoms with Gasteiger partial charge in [-0.2, -0.15) is 0 Å². The third-order valence-electron chi connectivity index (χ3n) is 8.10. The number of likely N-dealkylation sites (tertiary alicyclic amines) is 1. The van der Waals surface area contributed by atoms with E-state index < -0.39 is 0 Å². The molecule has 0 aromatic heterocycles. The quantitative estimate of drug-likeness (QED) is 0.592. The molecule has 1 amide bonds. The largest absolute Gasteiger partial charge is 0.308 e. The summed E-state index contributed by atoms with van der Waals surface area (Å²) in [6.07, 6.45) is 11.8. The number of aryl methyl sites for hydroxylation is 1. The molecule has 32 heavy (non-hydrogen) atoms. The van der Waals surface area contributed by atoms with Crippen LogP contribution in [-0.4, -0.2) is 36.5 Å². The van der Waals surface area contributed by atoms with Gasteiger partial charge in [0.1, 0.15) is 0 Å². The monoisotopic (exact) mass is 430 g/mol. The number of carbonyl (C=O) groups excluding carboxylic acids is 1. The minimum absolute atomic E-state index is 0.231. The van der Waals surface area contributed by atoms with E-state index in [4.69, 9.17) is 0 Å². The van der Waals surface area contributed by atoms with Gasteiger partial charge in [-0.25, -0.2) is 0 Å². The zero-order valence-corrected chi connectivity index (χ0v) is 19.4. The van der Waals surface area contributed by atoms with Gasteiger partial charge in [-0.3, -0.25) is 4.79 Å². The Labute approximate surface area is 193 Å². The number of piperidine rings is 1. The third kappa shape index (κ3) is 4.93. The maximum Gasteiger partial charge on any atom is 0.230 e. The fourth-order valence-corrected chi connectivity index (χ4v) is 6.24. The van der Waals surface area contributed by atoms with Crippen LogP contribution in [0.5, 0.6) is 0 Å². The second-order valence-electron chi connectivity index (χ2n) is 10.3. The lowest BCUT2D eigenvalue weighted by molar-refractivity contribution is -0.124. The van der Waals surface area contributed by atoms with Gasteiger partial charge >= 0.3 is 0 Å². The number of para-hydroxylation sites is 1. The van der Waals surface area contributed by atoms with Crippen molar-refractivity contribution in [2.24, 2.45) is 11.8 Å². The van der Waals surface area contributed by atoms with Crippen molar-refractivity contribution in [2.75, 3.05) is 24.5 Å². The van der Waals surface area contributed by atoms with E-state index in [2.05, 4.69) is 64.4 Å². The van der Waals surface area contributed by atoms with Crippen LogP contribution in [-0.2, 0) is 17.6 Å². The summed E-state index contributed by atoms with van der Waals surface area (Å²) in [5.41, 5.74) is 4.02. The second kappa shape index (κ2) is 10.2. The minimum atomic E-state index is 0.231. The summed E-state index contributed by atoms with van der Waals surface area (Å²) < 4.78 is 0. The van der Waals surface area contributed by atoms with Gasteiger partial charge in [-0.1, -0.05) is 67.8 Å². The van der Waals surface area contributed by atoms with Crippen LogP contribution in [0.2, 0.25) is 0 Å². The molecule has 1 unspecified atom stereocenters. The van der Waals surface area contributed by atoms with Crippen LogP contribution in [0.3, 0.4) is 0 Å². The molecule has 0 radical (unpaired) electrons. The summed E-state index contributed by atoms with van der Waals surface area (Å²) in [7, 11) is 0. The Hall–Kier alpha value is -2.13. The molecule has 3 aliphatic rings. The Morgan fingerprint density at radius 3 is 2.31 bits per heavy atom. The van der Waals surface area contributed by atoms with Gasteiger partial charge in [0.25, 0.3) is 0 Å². The molecule has 1 saturated heterocycles. The lowest BCUT2D eigenvalue weighted by Gasteiger charge is -2.43. The zero-order chi connectivity index (χ0) is 21.8. The topological polar surface area (TPSA) is 23.6 Å². The minimum Gasteiger partial charge on any atom is -0.308 e. The van der Waals surface area contributed by atoms with Crippen LogP contribution < -0.4 is 4.90 Å². The van der Waals surface area contributed by atoms with Gasteiger partial charge in [-0.05, 0) is 81.1 Å².